The SMILES string of the molecule is Cc1cccc(NC(=O)/C(C#N)=C/c2ccc(OC(F)F)cc2)c1. The molecule has 0 heterocycles. The van der Waals surface area contributed by atoms with E-state index in [2.05, 4.69) is 10.1 Å². The van der Waals surface area contributed by atoms with E-state index < -0.39 is 12.5 Å². The van der Waals surface area contributed by atoms with E-state index in [1.807, 2.05) is 19.1 Å². The maximum atomic E-state index is 12.1. The van der Waals surface area contributed by atoms with E-state index in [0.29, 0.717) is 11.3 Å². The lowest BCUT2D eigenvalue weighted by molar-refractivity contribution is -0.112. The van der Waals surface area contributed by atoms with Gasteiger partial charge in [-0.3, -0.25) is 4.79 Å². The Morgan fingerprint density at radius 2 is 1.96 bits per heavy atom. The lowest BCUT2D eigenvalue weighted by Gasteiger charge is -2.06. The fraction of sp³-hybridized carbons (Fsp3) is 0.111. The van der Waals surface area contributed by atoms with Crippen LogP contribution in [0.1, 0.15) is 11.1 Å². The van der Waals surface area contributed by atoms with E-state index >= 15 is 0 Å². The summed E-state index contributed by atoms with van der Waals surface area (Å²) >= 11 is 0. The van der Waals surface area contributed by atoms with Crippen molar-refractivity contribution in [2.45, 2.75) is 13.5 Å². The Labute approximate surface area is 138 Å². The molecule has 0 atom stereocenters. The Hall–Kier alpha value is -3.20. The summed E-state index contributed by atoms with van der Waals surface area (Å²) in [7, 11) is 0. The second-order valence-corrected chi connectivity index (χ2v) is 4.94. The molecule has 0 saturated heterocycles. The van der Waals surface area contributed by atoms with Gasteiger partial charge in [-0.25, -0.2) is 0 Å². The summed E-state index contributed by atoms with van der Waals surface area (Å²) in [6.45, 7) is -1.01. The predicted molar refractivity (Wildman–Crippen MR) is 86.5 cm³/mol. The number of benzene rings is 2. The highest BCUT2D eigenvalue weighted by Crippen LogP contribution is 2.17. The number of ether oxygens (including phenoxy) is 1. The van der Waals surface area contributed by atoms with Gasteiger partial charge < -0.3 is 10.1 Å². The zero-order valence-electron chi connectivity index (χ0n) is 12.8. The first-order chi connectivity index (χ1) is 11.5. The van der Waals surface area contributed by atoms with E-state index in [1.165, 1.54) is 30.3 Å². The van der Waals surface area contributed by atoms with Crippen molar-refractivity contribution >= 4 is 17.7 Å². The van der Waals surface area contributed by atoms with Crippen LogP contribution in [-0.2, 0) is 4.79 Å². The van der Waals surface area contributed by atoms with Crippen LogP contribution in [0.3, 0.4) is 0 Å². The first-order valence-corrected chi connectivity index (χ1v) is 7.02. The Balaban J connectivity index is 2.13. The fourth-order valence-electron chi connectivity index (χ4n) is 1.98. The maximum absolute atomic E-state index is 12.1. The van der Waals surface area contributed by atoms with Crippen LogP contribution in [0.5, 0.6) is 5.75 Å². The molecule has 0 aromatic heterocycles. The molecule has 0 unspecified atom stereocenters. The number of alkyl halides is 2. The van der Waals surface area contributed by atoms with Crippen LogP contribution in [0.2, 0.25) is 0 Å². The highest BCUT2D eigenvalue weighted by atomic mass is 19.3. The Morgan fingerprint density at radius 3 is 2.54 bits per heavy atom. The highest BCUT2D eigenvalue weighted by Gasteiger charge is 2.10. The van der Waals surface area contributed by atoms with Gasteiger partial charge in [0, 0.05) is 5.69 Å². The molecule has 0 aliphatic heterocycles. The van der Waals surface area contributed by atoms with Crippen LogP contribution in [0.15, 0.2) is 54.1 Å². The third-order valence-electron chi connectivity index (χ3n) is 3.06. The summed E-state index contributed by atoms with van der Waals surface area (Å²) in [5.74, 6) is -0.541. The molecule has 0 radical (unpaired) electrons. The van der Waals surface area contributed by atoms with Gasteiger partial charge in [-0.05, 0) is 48.4 Å². The minimum atomic E-state index is -2.90. The Bertz CT molecular complexity index is 793. The minimum absolute atomic E-state index is 0.00451. The molecule has 0 aliphatic rings. The van der Waals surface area contributed by atoms with E-state index in [1.54, 1.807) is 18.2 Å². The number of nitrogens with one attached hydrogen (secondary N) is 1. The van der Waals surface area contributed by atoms with Crippen molar-refractivity contribution in [2.24, 2.45) is 0 Å². The van der Waals surface area contributed by atoms with Crippen LogP contribution < -0.4 is 10.1 Å². The zero-order chi connectivity index (χ0) is 17.5. The van der Waals surface area contributed by atoms with Crippen LogP contribution >= 0.6 is 0 Å². The number of anilines is 1. The molecule has 0 saturated carbocycles. The van der Waals surface area contributed by atoms with Crippen molar-refractivity contribution in [3.8, 4) is 11.8 Å². The van der Waals surface area contributed by atoms with E-state index in [0.717, 1.165) is 5.56 Å². The number of halogens is 2. The first kappa shape index (κ1) is 17.2. The number of rotatable bonds is 5. The first-order valence-electron chi connectivity index (χ1n) is 7.02. The number of nitriles is 1. The number of aryl methyl sites for hydroxylation is 1. The molecule has 122 valence electrons. The number of nitrogens with zero attached hydrogens (tertiary/aromatic N) is 1. The summed E-state index contributed by atoms with van der Waals surface area (Å²) < 4.78 is 28.4. The number of carbonyl (C=O) groups is 1. The second kappa shape index (κ2) is 7.88. The van der Waals surface area contributed by atoms with Crippen molar-refractivity contribution in [1.29, 1.82) is 5.26 Å². The van der Waals surface area contributed by atoms with Gasteiger partial charge in [-0.2, -0.15) is 14.0 Å². The van der Waals surface area contributed by atoms with Crippen LogP contribution in [0, 0.1) is 18.3 Å². The minimum Gasteiger partial charge on any atom is -0.435 e. The number of hydrogen-bond acceptors (Lipinski definition) is 3. The smallest absolute Gasteiger partial charge is 0.387 e. The molecule has 4 nitrogen and oxygen atoms in total. The summed E-state index contributed by atoms with van der Waals surface area (Å²) in [4.78, 5) is 12.1. The summed E-state index contributed by atoms with van der Waals surface area (Å²) in [6.07, 6.45) is 1.37. The standard InChI is InChI=1S/C18H14F2N2O2/c1-12-3-2-4-15(9-12)22-17(23)14(11-21)10-13-5-7-16(8-6-13)24-18(19)20/h2-10,18H,1H3,(H,22,23)/b14-10+. The van der Waals surface area contributed by atoms with Crippen molar-refractivity contribution < 1.29 is 18.3 Å². The van der Waals surface area contributed by atoms with Crippen LogP contribution in [0.25, 0.3) is 6.08 Å². The molecule has 0 aliphatic carbocycles. The van der Waals surface area contributed by atoms with Crippen LogP contribution in [-0.4, -0.2) is 12.5 Å². The van der Waals surface area contributed by atoms with Gasteiger partial charge in [0.2, 0.25) is 0 Å². The number of amides is 1. The topological polar surface area (TPSA) is 62.1 Å². The number of carbonyl (C=O) groups excluding carboxylic acids is 1. The van der Waals surface area contributed by atoms with E-state index in [9.17, 15) is 13.6 Å². The van der Waals surface area contributed by atoms with Gasteiger partial charge in [0.1, 0.15) is 17.4 Å². The summed E-state index contributed by atoms with van der Waals surface area (Å²) in [5, 5.41) is 11.8. The number of hydrogen-bond donors (Lipinski definition) is 1. The monoisotopic (exact) mass is 328 g/mol. The van der Waals surface area contributed by atoms with Crippen LogP contribution in [0.4, 0.5) is 14.5 Å². The maximum Gasteiger partial charge on any atom is 0.387 e. The van der Waals surface area contributed by atoms with Crippen molar-refractivity contribution in [2.75, 3.05) is 5.32 Å². The van der Waals surface area contributed by atoms with Gasteiger partial charge in [0.25, 0.3) is 5.91 Å². The van der Waals surface area contributed by atoms with Crippen molar-refractivity contribution in [3.63, 3.8) is 0 Å². The molecular weight excluding hydrogens is 314 g/mol. The lowest BCUT2D eigenvalue weighted by atomic mass is 10.1. The molecule has 2 aromatic rings. The molecule has 1 amide bonds. The summed E-state index contributed by atoms with van der Waals surface area (Å²) in [6, 6.07) is 14.7. The fourth-order valence-corrected chi connectivity index (χ4v) is 1.98. The predicted octanol–water partition coefficient (Wildman–Crippen LogP) is 4.14. The van der Waals surface area contributed by atoms with Gasteiger partial charge in [-0.15, -0.1) is 0 Å². The molecule has 24 heavy (non-hydrogen) atoms. The Kier molecular flexibility index (Phi) is 5.63. The zero-order valence-corrected chi connectivity index (χ0v) is 12.8. The van der Waals surface area contributed by atoms with Crippen molar-refractivity contribution in [1.82, 2.24) is 0 Å². The second-order valence-electron chi connectivity index (χ2n) is 4.94. The Morgan fingerprint density at radius 1 is 1.25 bits per heavy atom. The molecule has 0 spiro atoms. The third-order valence-corrected chi connectivity index (χ3v) is 3.06. The summed E-state index contributed by atoms with van der Waals surface area (Å²) in [5.41, 5.74) is 1.98. The van der Waals surface area contributed by atoms with Gasteiger partial charge >= 0.3 is 6.61 Å². The lowest BCUT2D eigenvalue weighted by Crippen LogP contribution is -2.13. The normalized spacial score (nSPS) is 11.0. The van der Waals surface area contributed by atoms with E-state index in [-0.39, 0.29) is 11.3 Å². The van der Waals surface area contributed by atoms with Crippen molar-refractivity contribution in [3.05, 3.63) is 65.2 Å². The average molecular weight is 328 g/mol. The van der Waals surface area contributed by atoms with Gasteiger partial charge in [0.15, 0.2) is 0 Å². The molecule has 2 rings (SSSR count). The molecular formula is C18H14F2N2O2. The highest BCUT2D eigenvalue weighted by molar-refractivity contribution is 6.09. The quantitative estimate of drug-likeness (QED) is 0.663. The molecule has 6 heteroatoms. The van der Waals surface area contributed by atoms with Gasteiger partial charge in [-0.1, -0.05) is 24.3 Å². The molecule has 1 N–H and O–H groups in total. The average Bonchev–Trinajstić information content (AvgIpc) is 2.53. The van der Waals surface area contributed by atoms with E-state index in [4.69, 9.17) is 5.26 Å². The molecule has 2 aromatic carbocycles. The van der Waals surface area contributed by atoms with Gasteiger partial charge in [0.05, 0.1) is 0 Å². The molecule has 0 fully saturated rings. The third kappa shape index (κ3) is 4.92. The molecule has 0 bridgehead atoms. The largest absolute Gasteiger partial charge is 0.435 e.